The van der Waals surface area contributed by atoms with E-state index >= 15 is 0 Å². The summed E-state index contributed by atoms with van der Waals surface area (Å²) >= 11 is 0. The van der Waals surface area contributed by atoms with Gasteiger partial charge in [-0.25, -0.2) is 0 Å². The Kier molecular flexibility index (Phi) is 8.39. The molecule has 0 saturated heterocycles. The molecule has 112 valence electrons. The number of nitrogens with two attached hydrogens (primary N) is 1. The topological polar surface area (TPSA) is 75.4 Å². The van der Waals surface area contributed by atoms with E-state index in [2.05, 4.69) is 19.2 Å². The van der Waals surface area contributed by atoms with Crippen LogP contribution in [0, 0.1) is 11.8 Å². The average molecular weight is 271 g/mol. The maximum atomic E-state index is 12.0. The molecule has 0 aliphatic carbocycles. The van der Waals surface area contributed by atoms with E-state index in [0.29, 0.717) is 12.5 Å². The van der Waals surface area contributed by atoms with E-state index in [1.165, 1.54) is 0 Å². The van der Waals surface area contributed by atoms with Gasteiger partial charge in [-0.1, -0.05) is 34.1 Å². The van der Waals surface area contributed by atoms with Crippen LogP contribution in [0.5, 0.6) is 0 Å². The smallest absolute Gasteiger partial charge is 0.241 e. The summed E-state index contributed by atoms with van der Waals surface area (Å²) in [6.07, 6.45) is 1.04. The monoisotopic (exact) mass is 271 g/mol. The van der Waals surface area contributed by atoms with E-state index in [1.807, 2.05) is 20.8 Å². The minimum absolute atomic E-state index is 0.0313. The van der Waals surface area contributed by atoms with Gasteiger partial charge in [0.2, 0.25) is 11.8 Å². The summed E-state index contributed by atoms with van der Waals surface area (Å²) in [5.74, 6) is 0.227. The molecule has 19 heavy (non-hydrogen) atoms. The molecule has 0 bridgehead atoms. The molecule has 2 amide bonds. The third-order valence-corrected chi connectivity index (χ3v) is 3.40. The first-order valence-corrected chi connectivity index (χ1v) is 7.14. The van der Waals surface area contributed by atoms with Crippen molar-refractivity contribution in [3.8, 4) is 0 Å². The number of hydrogen-bond acceptors (Lipinski definition) is 3. The third kappa shape index (κ3) is 6.57. The van der Waals surface area contributed by atoms with Crippen LogP contribution in [0.4, 0.5) is 0 Å². The highest BCUT2D eigenvalue weighted by Crippen LogP contribution is 2.04. The zero-order valence-corrected chi connectivity index (χ0v) is 12.9. The average Bonchev–Trinajstić information content (AvgIpc) is 2.40. The molecule has 0 saturated carbocycles. The predicted octanol–water partition coefficient (Wildman–Crippen LogP) is 0.981. The van der Waals surface area contributed by atoms with Crippen molar-refractivity contribution in [1.29, 1.82) is 0 Å². The second-order valence-electron chi connectivity index (χ2n) is 5.43. The standard InChI is InChI=1S/C14H29N3O2/c1-6-11(5)9-17(7-2)12(18)8-16-14(19)13(15)10(3)4/h10-11,13H,6-9,15H2,1-5H3,(H,16,19)/t11?,13-/m0/s1. The minimum Gasteiger partial charge on any atom is -0.346 e. The van der Waals surface area contributed by atoms with E-state index in [9.17, 15) is 9.59 Å². The fourth-order valence-electron chi connectivity index (χ4n) is 1.61. The molecule has 0 aromatic carbocycles. The van der Waals surface area contributed by atoms with Gasteiger partial charge in [-0.3, -0.25) is 9.59 Å². The Hall–Kier alpha value is -1.10. The second-order valence-corrected chi connectivity index (χ2v) is 5.43. The lowest BCUT2D eigenvalue weighted by atomic mass is 10.1. The molecule has 0 aliphatic rings. The van der Waals surface area contributed by atoms with Gasteiger partial charge in [-0.2, -0.15) is 0 Å². The molecule has 3 N–H and O–H groups in total. The zero-order chi connectivity index (χ0) is 15.0. The molecule has 1 unspecified atom stereocenters. The van der Waals surface area contributed by atoms with E-state index < -0.39 is 6.04 Å². The van der Waals surface area contributed by atoms with Crippen molar-refractivity contribution in [2.24, 2.45) is 17.6 Å². The molecule has 5 nitrogen and oxygen atoms in total. The second kappa shape index (κ2) is 8.91. The van der Waals surface area contributed by atoms with Crippen molar-refractivity contribution >= 4 is 11.8 Å². The maximum Gasteiger partial charge on any atom is 0.241 e. The lowest BCUT2D eigenvalue weighted by Crippen LogP contribution is -2.48. The Morgan fingerprint density at radius 1 is 1.21 bits per heavy atom. The first-order valence-electron chi connectivity index (χ1n) is 7.14. The molecule has 0 radical (unpaired) electrons. The third-order valence-electron chi connectivity index (χ3n) is 3.40. The number of likely N-dealkylation sites (N-methyl/N-ethyl adjacent to an activating group) is 1. The first kappa shape index (κ1) is 17.9. The molecule has 0 spiro atoms. The fraction of sp³-hybridized carbons (Fsp3) is 0.857. The lowest BCUT2D eigenvalue weighted by molar-refractivity contribution is -0.133. The highest BCUT2D eigenvalue weighted by molar-refractivity contribution is 5.87. The normalized spacial score (nSPS) is 14.1. The van der Waals surface area contributed by atoms with Gasteiger partial charge in [0.25, 0.3) is 0 Å². The van der Waals surface area contributed by atoms with E-state index in [-0.39, 0.29) is 24.3 Å². The van der Waals surface area contributed by atoms with Crippen LogP contribution in [0.2, 0.25) is 0 Å². The lowest BCUT2D eigenvalue weighted by Gasteiger charge is -2.24. The van der Waals surface area contributed by atoms with Crippen LogP contribution in [0.1, 0.15) is 41.0 Å². The minimum atomic E-state index is -0.558. The molecule has 0 rings (SSSR count). The van der Waals surface area contributed by atoms with Crippen LogP contribution in [-0.4, -0.2) is 42.4 Å². The number of amides is 2. The van der Waals surface area contributed by atoms with Crippen LogP contribution >= 0.6 is 0 Å². The maximum absolute atomic E-state index is 12.0. The molecule has 0 aliphatic heterocycles. The summed E-state index contributed by atoms with van der Waals surface area (Å²) < 4.78 is 0. The summed E-state index contributed by atoms with van der Waals surface area (Å²) in [4.78, 5) is 25.4. The summed E-state index contributed by atoms with van der Waals surface area (Å²) in [6, 6.07) is -0.558. The van der Waals surface area contributed by atoms with Crippen molar-refractivity contribution < 1.29 is 9.59 Å². The van der Waals surface area contributed by atoms with E-state index in [0.717, 1.165) is 13.0 Å². The Bertz CT molecular complexity index is 292. The molecular weight excluding hydrogens is 242 g/mol. The number of nitrogens with one attached hydrogen (secondary N) is 1. The zero-order valence-electron chi connectivity index (χ0n) is 12.9. The summed E-state index contributed by atoms with van der Waals surface area (Å²) in [5, 5.41) is 2.61. The van der Waals surface area contributed by atoms with E-state index in [1.54, 1.807) is 4.90 Å². The molecular formula is C14H29N3O2. The number of hydrogen-bond donors (Lipinski definition) is 2. The summed E-state index contributed by atoms with van der Waals surface area (Å²) in [5.41, 5.74) is 5.72. The van der Waals surface area contributed by atoms with Crippen molar-refractivity contribution in [3.63, 3.8) is 0 Å². The van der Waals surface area contributed by atoms with Gasteiger partial charge in [0, 0.05) is 13.1 Å². The van der Waals surface area contributed by atoms with Gasteiger partial charge >= 0.3 is 0 Å². The quantitative estimate of drug-likeness (QED) is 0.691. The molecule has 5 heteroatoms. The number of nitrogens with zero attached hydrogens (tertiary/aromatic N) is 1. The van der Waals surface area contributed by atoms with Crippen LogP contribution in [0.3, 0.4) is 0 Å². The Balaban J connectivity index is 4.24. The number of carbonyl (C=O) groups is 2. The Labute approximate surface area is 116 Å². The molecule has 2 atom stereocenters. The van der Waals surface area contributed by atoms with Crippen LogP contribution in [0.25, 0.3) is 0 Å². The highest BCUT2D eigenvalue weighted by atomic mass is 16.2. The highest BCUT2D eigenvalue weighted by Gasteiger charge is 2.19. The number of carbonyl (C=O) groups excluding carboxylic acids is 2. The predicted molar refractivity (Wildman–Crippen MR) is 77.5 cm³/mol. The fourth-order valence-corrected chi connectivity index (χ4v) is 1.61. The molecule has 0 aromatic rings. The van der Waals surface area contributed by atoms with Gasteiger partial charge < -0.3 is 16.0 Å². The largest absolute Gasteiger partial charge is 0.346 e. The van der Waals surface area contributed by atoms with Gasteiger partial charge in [0.15, 0.2) is 0 Å². The van der Waals surface area contributed by atoms with Crippen molar-refractivity contribution in [2.75, 3.05) is 19.6 Å². The van der Waals surface area contributed by atoms with Gasteiger partial charge in [-0.15, -0.1) is 0 Å². The van der Waals surface area contributed by atoms with Gasteiger partial charge in [0.1, 0.15) is 0 Å². The summed E-state index contributed by atoms with van der Waals surface area (Å²) in [6.45, 7) is 11.4. The Morgan fingerprint density at radius 3 is 2.21 bits per heavy atom. The molecule has 0 heterocycles. The molecule has 0 fully saturated rings. The summed E-state index contributed by atoms with van der Waals surface area (Å²) in [7, 11) is 0. The van der Waals surface area contributed by atoms with Gasteiger partial charge in [-0.05, 0) is 18.8 Å². The first-order chi connectivity index (χ1) is 8.83. The van der Waals surface area contributed by atoms with Crippen LogP contribution in [-0.2, 0) is 9.59 Å². The number of rotatable bonds is 8. The SMILES string of the molecule is CCC(C)CN(CC)C(=O)CNC(=O)[C@@H](N)C(C)C. The van der Waals surface area contributed by atoms with Crippen molar-refractivity contribution in [2.45, 2.75) is 47.1 Å². The molecule has 0 aromatic heterocycles. The Morgan fingerprint density at radius 2 is 1.79 bits per heavy atom. The van der Waals surface area contributed by atoms with Gasteiger partial charge in [0.05, 0.1) is 12.6 Å². The van der Waals surface area contributed by atoms with Crippen molar-refractivity contribution in [3.05, 3.63) is 0 Å². The van der Waals surface area contributed by atoms with E-state index in [4.69, 9.17) is 5.73 Å². The van der Waals surface area contributed by atoms with Crippen LogP contribution in [0.15, 0.2) is 0 Å². The van der Waals surface area contributed by atoms with Crippen molar-refractivity contribution in [1.82, 2.24) is 10.2 Å². The van der Waals surface area contributed by atoms with Crippen LogP contribution < -0.4 is 11.1 Å².